The Labute approximate surface area is 117 Å². The van der Waals surface area contributed by atoms with Gasteiger partial charge in [0.1, 0.15) is 0 Å². The molecule has 1 atom stereocenters. The largest absolute Gasteiger partial charge is 0.465 e. The summed E-state index contributed by atoms with van der Waals surface area (Å²) < 4.78 is 0. The maximum absolute atomic E-state index is 11.5. The van der Waals surface area contributed by atoms with Crippen molar-refractivity contribution in [2.24, 2.45) is 5.73 Å². The zero-order chi connectivity index (χ0) is 15.3. The molecule has 7 heteroatoms. The predicted molar refractivity (Wildman–Crippen MR) is 74.1 cm³/mol. The van der Waals surface area contributed by atoms with Crippen LogP contribution in [-0.4, -0.2) is 40.2 Å². The predicted octanol–water partition coefficient (Wildman–Crippen LogP) is 0.574. The lowest BCUT2D eigenvalue weighted by molar-refractivity contribution is -0.117. The van der Waals surface area contributed by atoms with Gasteiger partial charge in [-0.3, -0.25) is 4.79 Å². The van der Waals surface area contributed by atoms with Crippen LogP contribution in [0.3, 0.4) is 0 Å². The minimum absolute atomic E-state index is 0.118. The molecule has 0 aliphatic rings. The Kier molecular flexibility index (Phi) is 5.48. The maximum Gasteiger partial charge on any atom is 0.407 e. The Morgan fingerprint density at radius 2 is 2.05 bits per heavy atom. The van der Waals surface area contributed by atoms with E-state index in [0.717, 1.165) is 4.90 Å². The summed E-state index contributed by atoms with van der Waals surface area (Å²) in [5.41, 5.74) is 7.21. The highest BCUT2D eigenvalue weighted by Crippen LogP contribution is 2.18. The van der Waals surface area contributed by atoms with E-state index >= 15 is 0 Å². The third-order valence-electron chi connectivity index (χ3n) is 2.79. The van der Waals surface area contributed by atoms with Crippen molar-refractivity contribution in [2.75, 3.05) is 12.4 Å². The molecule has 1 aromatic rings. The first-order valence-corrected chi connectivity index (χ1v) is 6.08. The molecule has 0 spiro atoms. The van der Waals surface area contributed by atoms with Gasteiger partial charge in [-0.25, -0.2) is 4.79 Å². The molecule has 1 rings (SSSR count). The van der Waals surface area contributed by atoms with Crippen LogP contribution < -0.4 is 11.1 Å². The van der Waals surface area contributed by atoms with Gasteiger partial charge in [-0.1, -0.05) is 6.07 Å². The summed E-state index contributed by atoms with van der Waals surface area (Å²) in [4.78, 5) is 23.4. The van der Waals surface area contributed by atoms with E-state index in [-0.39, 0.29) is 19.1 Å². The van der Waals surface area contributed by atoms with Crippen LogP contribution in [0.2, 0.25) is 0 Å². The minimum atomic E-state index is -1.07. The van der Waals surface area contributed by atoms with Crippen LogP contribution in [0.4, 0.5) is 10.5 Å². The first kappa shape index (κ1) is 15.9. The molecule has 7 nitrogen and oxygen atoms in total. The fraction of sp³-hybridized carbons (Fsp3) is 0.385. The number of carboxylic acid groups (broad SMARTS) is 1. The Bertz CT molecular complexity index is 502. The number of carbonyl (C=O) groups excluding carboxylic acids is 1. The van der Waals surface area contributed by atoms with Crippen LogP contribution in [0, 0.1) is 0 Å². The quantitative estimate of drug-likeness (QED) is 0.630. The van der Waals surface area contributed by atoms with E-state index in [0.29, 0.717) is 16.8 Å². The first-order valence-electron chi connectivity index (χ1n) is 6.08. The number of nitrogens with two attached hydrogens (primary N) is 1. The van der Waals surface area contributed by atoms with Crippen LogP contribution in [-0.2, 0) is 17.9 Å². The molecule has 5 N–H and O–H groups in total. The van der Waals surface area contributed by atoms with Gasteiger partial charge in [0.2, 0.25) is 5.91 Å². The van der Waals surface area contributed by atoms with E-state index < -0.39 is 12.1 Å². The molecule has 0 saturated heterocycles. The number of hydrogen-bond donors (Lipinski definition) is 4. The standard InChI is InChI=1S/C13H19N3O4/c1-8(14)12(18)15-11-4-3-9(7-17)10(5-11)6-16(2)13(19)20/h3-5,8,17H,6-7,14H2,1-2H3,(H,15,18)(H,19,20). The fourth-order valence-corrected chi connectivity index (χ4v) is 1.58. The molecule has 0 bridgehead atoms. The molecule has 1 aromatic carbocycles. The molecular weight excluding hydrogens is 262 g/mol. The van der Waals surface area contributed by atoms with Crippen LogP contribution in [0.1, 0.15) is 18.1 Å². The second-order valence-corrected chi connectivity index (χ2v) is 4.56. The smallest absolute Gasteiger partial charge is 0.407 e. The van der Waals surface area contributed by atoms with E-state index in [4.69, 9.17) is 10.8 Å². The Hall–Kier alpha value is -2.12. The molecule has 1 unspecified atom stereocenters. The number of rotatable bonds is 5. The summed E-state index contributed by atoms with van der Waals surface area (Å²) >= 11 is 0. The van der Waals surface area contributed by atoms with Crippen molar-refractivity contribution in [3.05, 3.63) is 29.3 Å². The van der Waals surface area contributed by atoms with Gasteiger partial charge in [0.15, 0.2) is 0 Å². The van der Waals surface area contributed by atoms with Gasteiger partial charge in [0.05, 0.1) is 12.6 Å². The normalized spacial score (nSPS) is 11.8. The minimum Gasteiger partial charge on any atom is -0.465 e. The second-order valence-electron chi connectivity index (χ2n) is 4.56. The van der Waals surface area contributed by atoms with Crippen LogP contribution in [0.5, 0.6) is 0 Å². The van der Waals surface area contributed by atoms with Crippen molar-refractivity contribution < 1.29 is 19.8 Å². The zero-order valence-electron chi connectivity index (χ0n) is 11.5. The highest BCUT2D eigenvalue weighted by atomic mass is 16.4. The number of amides is 2. The van der Waals surface area contributed by atoms with Crippen molar-refractivity contribution in [2.45, 2.75) is 26.1 Å². The topological polar surface area (TPSA) is 116 Å². The number of hydrogen-bond acceptors (Lipinski definition) is 4. The lowest BCUT2D eigenvalue weighted by Gasteiger charge is -2.17. The number of anilines is 1. The maximum atomic E-state index is 11.5. The van der Waals surface area contributed by atoms with Crippen LogP contribution in [0.15, 0.2) is 18.2 Å². The van der Waals surface area contributed by atoms with E-state index in [1.165, 1.54) is 7.05 Å². The lowest BCUT2D eigenvalue weighted by Crippen LogP contribution is -2.32. The van der Waals surface area contributed by atoms with Gasteiger partial charge in [0.25, 0.3) is 0 Å². The summed E-state index contributed by atoms with van der Waals surface area (Å²) in [6.07, 6.45) is -1.07. The number of aliphatic hydroxyl groups excluding tert-OH is 1. The van der Waals surface area contributed by atoms with Crippen molar-refractivity contribution in [3.63, 3.8) is 0 Å². The second kappa shape index (κ2) is 6.88. The van der Waals surface area contributed by atoms with Gasteiger partial charge in [-0.05, 0) is 30.2 Å². The molecule has 0 saturated carbocycles. The number of nitrogens with zero attached hydrogens (tertiary/aromatic N) is 1. The molecule has 0 aliphatic carbocycles. The van der Waals surface area contributed by atoms with Gasteiger partial charge in [-0.2, -0.15) is 0 Å². The Morgan fingerprint density at radius 3 is 2.55 bits per heavy atom. The number of aliphatic hydroxyl groups is 1. The van der Waals surface area contributed by atoms with Crippen molar-refractivity contribution in [1.29, 1.82) is 0 Å². The van der Waals surface area contributed by atoms with E-state index in [9.17, 15) is 14.7 Å². The molecule has 0 fully saturated rings. The monoisotopic (exact) mass is 281 g/mol. The summed E-state index contributed by atoms with van der Waals surface area (Å²) in [6, 6.07) is 4.26. The number of nitrogens with one attached hydrogen (secondary N) is 1. The lowest BCUT2D eigenvalue weighted by atomic mass is 10.1. The Morgan fingerprint density at radius 1 is 1.40 bits per heavy atom. The molecule has 0 aromatic heterocycles. The Balaban J connectivity index is 2.96. The first-order chi connectivity index (χ1) is 9.35. The van der Waals surface area contributed by atoms with E-state index in [1.807, 2.05) is 0 Å². The average molecular weight is 281 g/mol. The molecule has 0 aliphatic heterocycles. The highest BCUT2D eigenvalue weighted by Gasteiger charge is 2.12. The summed E-state index contributed by atoms with van der Waals surface area (Å²) in [6.45, 7) is 1.48. The number of carbonyl (C=O) groups is 2. The molecule has 2 amide bonds. The molecule has 110 valence electrons. The average Bonchev–Trinajstić information content (AvgIpc) is 2.38. The zero-order valence-corrected chi connectivity index (χ0v) is 11.5. The van der Waals surface area contributed by atoms with E-state index in [2.05, 4.69) is 5.32 Å². The molecule has 20 heavy (non-hydrogen) atoms. The van der Waals surface area contributed by atoms with Gasteiger partial charge >= 0.3 is 6.09 Å². The molecule has 0 heterocycles. The molecular formula is C13H19N3O4. The highest BCUT2D eigenvalue weighted by molar-refractivity contribution is 5.94. The third kappa shape index (κ3) is 4.22. The van der Waals surface area contributed by atoms with E-state index in [1.54, 1.807) is 25.1 Å². The number of benzene rings is 1. The van der Waals surface area contributed by atoms with Crippen molar-refractivity contribution in [1.82, 2.24) is 4.90 Å². The van der Waals surface area contributed by atoms with Gasteiger partial charge in [-0.15, -0.1) is 0 Å². The summed E-state index contributed by atoms with van der Waals surface area (Å²) in [5.74, 6) is -0.334. The summed E-state index contributed by atoms with van der Waals surface area (Å²) in [7, 11) is 1.43. The fourth-order valence-electron chi connectivity index (χ4n) is 1.58. The van der Waals surface area contributed by atoms with Crippen LogP contribution in [0.25, 0.3) is 0 Å². The van der Waals surface area contributed by atoms with Gasteiger partial charge in [0, 0.05) is 19.3 Å². The van der Waals surface area contributed by atoms with Gasteiger partial charge < -0.3 is 26.2 Å². The van der Waals surface area contributed by atoms with Crippen molar-refractivity contribution in [3.8, 4) is 0 Å². The van der Waals surface area contributed by atoms with Crippen LogP contribution >= 0.6 is 0 Å². The third-order valence-corrected chi connectivity index (χ3v) is 2.79. The van der Waals surface area contributed by atoms with Crippen molar-refractivity contribution >= 4 is 17.7 Å². The summed E-state index contributed by atoms with van der Waals surface area (Å²) in [5, 5.41) is 20.8. The SMILES string of the molecule is CC(N)C(=O)Nc1ccc(CO)c(CN(C)C(=O)O)c1. The molecule has 0 radical (unpaired) electrons.